The van der Waals surface area contributed by atoms with Crippen LogP contribution in [0.2, 0.25) is 0 Å². The number of aryl methyl sites for hydroxylation is 1. The smallest absolute Gasteiger partial charge is 0.142 e. The molecule has 0 atom stereocenters. The molecule has 4 heteroatoms. The Morgan fingerprint density at radius 3 is 2.89 bits per heavy atom. The average molecular weight is 255 g/mol. The van der Waals surface area contributed by atoms with Crippen molar-refractivity contribution in [2.24, 2.45) is 0 Å². The highest BCUT2D eigenvalue weighted by Crippen LogP contribution is 2.12. The summed E-state index contributed by atoms with van der Waals surface area (Å²) in [6, 6.07) is 10.3. The van der Waals surface area contributed by atoms with Crippen LogP contribution in [0.3, 0.4) is 0 Å². The van der Waals surface area contributed by atoms with Gasteiger partial charge in [0.25, 0.3) is 0 Å². The van der Waals surface area contributed by atoms with Gasteiger partial charge in [-0.3, -0.25) is 0 Å². The van der Waals surface area contributed by atoms with Crippen LogP contribution in [0.4, 0.5) is 10.1 Å². The Bertz CT molecular complexity index is 617. The standard InChI is InChI=1S/C15H14FN3/c1-11-8-13(16)3-2-12(11)4-6-18-14-5-7-19-15(9-14)10-17/h2-3,5,7-9H,4,6H2,1H3,(H,18,19). The van der Waals surface area contributed by atoms with Crippen LogP contribution in [0.15, 0.2) is 36.5 Å². The van der Waals surface area contributed by atoms with Gasteiger partial charge in [-0.1, -0.05) is 6.07 Å². The van der Waals surface area contributed by atoms with Crippen LogP contribution in [-0.4, -0.2) is 11.5 Å². The number of anilines is 1. The third kappa shape index (κ3) is 3.52. The highest BCUT2D eigenvalue weighted by atomic mass is 19.1. The first-order chi connectivity index (χ1) is 9.19. The summed E-state index contributed by atoms with van der Waals surface area (Å²) in [5.74, 6) is -0.206. The molecule has 2 rings (SSSR count). The molecule has 1 aromatic carbocycles. The normalized spacial score (nSPS) is 9.95. The van der Waals surface area contributed by atoms with E-state index in [-0.39, 0.29) is 5.82 Å². The van der Waals surface area contributed by atoms with Crippen molar-refractivity contribution in [3.8, 4) is 6.07 Å². The lowest BCUT2D eigenvalue weighted by atomic mass is 10.1. The molecule has 0 bridgehead atoms. The van der Waals surface area contributed by atoms with E-state index in [0.29, 0.717) is 5.69 Å². The quantitative estimate of drug-likeness (QED) is 0.913. The molecule has 0 aliphatic carbocycles. The van der Waals surface area contributed by atoms with Gasteiger partial charge >= 0.3 is 0 Å². The molecule has 1 heterocycles. The van der Waals surface area contributed by atoms with Gasteiger partial charge < -0.3 is 5.32 Å². The van der Waals surface area contributed by atoms with Crippen molar-refractivity contribution in [1.29, 1.82) is 5.26 Å². The van der Waals surface area contributed by atoms with Crippen LogP contribution in [-0.2, 0) is 6.42 Å². The van der Waals surface area contributed by atoms with E-state index in [0.717, 1.165) is 29.8 Å². The first-order valence-corrected chi connectivity index (χ1v) is 6.04. The Labute approximate surface area is 111 Å². The molecule has 0 saturated carbocycles. The average Bonchev–Trinajstić information content (AvgIpc) is 2.41. The minimum Gasteiger partial charge on any atom is -0.385 e. The molecule has 0 saturated heterocycles. The summed E-state index contributed by atoms with van der Waals surface area (Å²) in [7, 11) is 0. The van der Waals surface area contributed by atoms with E-state index in [4.69, 9.17) is 5.26 Å². The van der Waals surface area contributed by atoms with Gasteiger partial charge in [-0.2, -0.15) is 5.26 Å². The third-order valence-electron chi connectivity index (χ3n) is 2.90. The van der Waals surface area contributed by atoms with Crippen molar-refractivity contribution >= 4 is 5.69 Å². The number of hydrogen-bond acceptors (Lipinski definition) is 3. The van der Waals surface area contributed by atoms with Gasteiger partial charge in [-0.15, -0.1) is 0 Å². The maximum absolute atomic E-state index is 13.0. The van der Waals surface area contributed by atoms with E-state index in [1.165, 1.54) is 12.1 Å². The molecule has 0 unspecified atom stereocenters. The monoisotopic (exact) mass is 255 g/mol. The van der Waals surface area contributed by atoms with Gasteiger partial charge in [0.2, 0.25) is 0 Å². The predicted molar refractivity (Wildman–Crippen MR) is 72.3 cm³/mol. The lowest BCUT2D eigenvalue weighted by Crippen LogP contribution is -2.06. The minimum atomic E-state index is -0.206. The summed E-state index contributed by atoms with van der Waals surface area (Å²) < 4.78 is 13.0. The molecule has 0 aliphatic heterocycles. The van der Waals surface area contributed by atoms with Crippen LogP contribution in [0.25, 0.3) is 0 Å². The molecular formula is C15H14FN3. The molecule has 0 fully saturated rings. The molecule has 1 aromatic heterocycles. The summed E-state index contributed by atoms with van der Waals surface area (Å²) in [4.78, 5) is 3.91. The van der Waals surface area contributed by atoms with Crippen LogP contribution in [0, 0.1) is 24.1 Å². The number of nitrogens with one attached hydrogen (secondary N) is 1. The maximum atomic E-state index is 13.0. The van der Waals surface area contributed by atoms with E-state index in [1.54, 1.807) is 18.3 Å². The first kappa shape index (κ1) is 13.0. The van der Waals surface area contributed by atoms with E-state index in [2.05, 4.69) is 10.3 Å². The van der Waals surface area contributed by atoms with Crippen molar-refractivity contribution in [2.45, 2.75) is 13.3 Å². The second-order valence-corrected chi connectivity index (χ2v) is 4.29. The van der Waals surface area contributed by atoms with Gasteiger partial charge in [-0.25, -0.2) is 9.37 Å². The molecule has 0 aliphatic rings. The van der Waals surface area contributed by atoms with Gasteiger partial charge in [0.15, 0.2) is 0 Å². The molecule has 19 heavy (non-hydrogen) atoms. The molecule has 0 spiro atoms. The number of aromatic nitrogens is 1. The summed E-state index contributed by atoms with van der Waals surface area (Å²) in [6.07, 6.45) is 2.40. The van der Waals surface area contributed by atoms with Crippen molar-refractivity contribution in [3.05, 3.63) is 59.2 Å². The number of benzene rings is 1. The van der Waals surface area contributed by atoms with Crippen molar-refractivity contribution < 1.29 is 4.39 Å². The Morgan fingerprint density at radius 1 is 1.32 bits per heavy atom. The lowest BCUT2D eigenvalue weighted by Gasteiger charge is -2.08. The molecule has 3 nitrogen and oxygen atoms in total. The number of halogens is 1. The van der Waals surface area contributed by atoms with E-state index in [1.807, 2.05) is 19.1 Å². The van der Waals surface area contributed by atoms with Crippen LogP contribution >= 0.6 is 0 Å². The number of nitriles is 1. The summed E-state index contributed by atoms with van der Waals surface area (Å²) >= 11 is 0. The van der Waals surface area contributed by atoms with E-state index >= 15 is 0 Å². The molecule has 0 radical (unpaired) electrons. The highest BCUT2D eigenvalue weighted by molar-refractivity contribution is 5.46. The third-order valence-corrected chi connectivity index (χ3v) is 2.90. The van der Waals surface area contributed by atoms with Crippen molar-refractivity contribution in [2.75, 3.05) is 11.9 Å². The summed E-state index contributed by atoms with van der Waals surface area (Å²) in [5.41, 5.74) is 3.33. The fourth-order valence-corrected chi connectivity index (χ4v) is 1.88. The Kier molecular flexibility index (Phi) is 4.09. The van der Waals surface area contributed by atoms with Gasteiger partial charge in [0.1, 0.15) is 17.6 Å². The largest absolute Gasteiger partial charge is 0.385 e. The van der Waals surface area contributed by atoms with Crippen LogP contribution in [0.1, 0.15) is 16.8 Å². The SMILES string of the molecule is Cc1cc(F)ccc1CCNc1ccnc(C#N)c1. The van der Waals surface area contributed by atoms with E-state index < -0.39 is 0 Å². The zero-order chi connectivity index (χ0) is 13.7. The Balaban J connectivity index is 1.94. The zero-order valence-corrected chi connectivity index (χ0v) is 10.7. The van der Waals surface area contributed by atoms with Crippen molar-refractivity contribution in [3.63, 3.8) is 0 Å². The zero-order valence-electron chi connectivity index (χ0n) is 10.7. The van der Waals surface area contributed by atoms with Crippen LogP contribution in [0.5, 0.6) is 0 Å². The Hall–Kier alpha value is -2.41. The Morgan fingerprint density at radius 2 is 2.16 bits per heavy atom. The number of rotatable bonds is 4. The topological polar surface area (TPSA) is 48.7 Å². The second kappa shape index (κ2) is 5.96. The summed E-state index contributed by atoms with van der Waals surface area (Å²) in [6.45, 7) is 2.62. The van der Waals surface area contributed by atoms with Gasteiger partial charge in [0, 0.05) is 18.4 Å². The van der Waals surface area contributed by atoms with Gasteiger partial charge in [-0.05, 0) is 48.7 Å². The fraction of sp³-hybridized carbons (Fsp3) is 0.200. The minimum absolute atomic E-state index is 0.206. The fourth-order valence-electron chi connectivity index (χ4n) is 1.88. The first-order valence-electron chi connectivity index (χ1n) is 6.04. The molecule has 96 valence electrons. The second-order valence-electron chi connectivity index (χ2n) is 4.29. The predicted octanol–water partition coefficient (Wildman–Crippen LogP) is 3.06. The number of pyridine rings is 1. The molecular weight excluding hydrogens is 241 g/mol. The lowest BCUT2D eigenvalue weighted by molar-refractivity contribution is 0.625. The van der Waals surface area contributed by atoms with Gasteiger partial charge in [0.05, 0.1) is 0 Å². The molecule has 1 N–H and O–H groups in total. The number of nitrogens with zero attached hydrogens (tertiary/aromatic N) is 2. The summed E-state index contributed by atoms with van der Waals surface area (Å²) in [5, 5.41) is 12.0. The number of hydrogen-bond donors (Lipinski definition) is 1. The van der Waals surface area contributed by atoms with Crippen LogP contribution < -0.4 is 5.32 Å². The molecule has 0 amide bonds. The van der Waals surface area contributed by atoms with E-state index in [9.17, 15) is 4.39 Å². The maximum Gasteiger partial charge on any atom is 0.142 e. The van der Waals surface area contributed by atoms with Crippen molar-refractivity contribution in [1.82, 2.24) is 4.98 Å². The molecule has 2 aromatic rings. The highest BCUT2D eigenvalue weighted by Gasteiger charge is 2.00.